The van der Waals surface area contributed by atoms with Gasteiger partial charge in [-0.3, -0.25) is 9.69 Å². The summed E-state index contributed by atoms with van der Waals surface area (Å²) in [6.45, 7) is 5.58. The summed E-state index contributed by atoms with van der Waals surface area (Å²) in [5.74, 6) is 0.320. The molecule has 1 amide bonds. The third-order valence-corrected chi connectivity index (χ3v) is 3.49. The monoisotopic (exact) mass is 182 g/mol. The van der Waals surface area contributed by atoms with Gasteiger partial charge in [0.15, 0.2) is 0 Å². The van der Waals surface area contributed by atoms with Crippen LogP contribution < -0.4 is 0 Å². The van der Waals surface area contributed by atoms with Crippen LogP contribution >= 0.6 is 0 Å². The van der Waals surface area contributed by atoms with Crippen molar-refractivity contribution in [1.29, 1.82) is 0 Å². The number of carbonyl (C=O) groups is 1. The van der Waals surface area contributed by atoms with E-state index in [1.165, 1.54) is 0 Å². The highest BCUT2D eigenvalue weighted by molar-refractivity contribution is 5.79. The Balaban J connectivity index is 2.13. The first kappa shape index (κ1) is 9.00. The summed E-state index contributed by atoms with van der Waals surface area (Å²) in [5, 5.41) is 0. The Morgan fingerprint density at radius 2 is 2.08 bits per heavy atom. The molecule has 3 nitrogen and oxygen atoms in total. The maximum Gasteiger partial charge on any atom is 0.224 e. The van der Waals surface area contributed by atoms with E-state index >= 15 is 0 Å². The lowest BCUT2D eigenvalue weighted by atomic mass is 10.1. The van der Waals surface area contributed by atoms with Gasteiger partial charge in [-0.25, -0.2) is 0 Å². The Morgan fingerprint density at radius 1 is 1.38 bits per heavy atom. The van der Waals surface area contributed by atoms with Gasteiger partial charge >= 0.3 is 0 Å². The molecule has 0 spiro atoms. The number of carbonyl (C=O) groups excluding carboxylic acids is 1. The summed E-state index contributed by atoms with van der Waals surface area (Å²) in [4.78, 5) is 15.9. The van der Waals surface area contributed by atoms with Gasteiger partial charge in [-0.05, 0) is 20.3 Å². The molecule has 0 radical (unpaired) electrons. The minimum Gasteiger partial charge on any atom is -0.341 e. The minimum absolute atomic E-state index is 0.320. The van der Waals surface area contributed by atoms with Crippen molar-refractivity contribution in [3.8, 4) is 0 Å². The summed E-state index contributed by atoms with van der Waals surface area (Å²) in [6, 6.07) is 1.57. The second-order valence-corrected chi connectivity index (χ2v) is 4.46. The van der Waals surface area contributed by atoms with E-state index in [1.54, 1.807) is 0 Å². The van der Waals surface area contributed by atoms with Crippen molar-refractivity contribution in [2.45, 2.75) is 44.8 Å². The van der Waals surface area contributed by atoms with Crippen molar-refractivity contribution in [2.75, 3.05) is 13.6 Å². The SMILES string of the molecule is CC(C)N1CC[C@H]2[C@@H]1CC(=O)N2C. The van der Waals surface area contributed by atoms with Gasteiger partial charge in [0.25, 0.3) is 0 Å². The van der Waals surface area contributed by atoms with Gasteiger partial charge in [0.05, 0.1) is 0 Å². The largest absolute Gasteiger partial charge is 0.341 e. The lowest BCUT2D eigenvalue weighted by molar-refractivity contribution is -0.127. The second-order valence-electron chi connectivity index (χ2n) is 4.46. The quantitative estimate of drug-likeness (QED) is 0.596. The lowest BCUT2D eigenvalue weighted by Gasteiger charge is -2.26. The summed E-state index contributed by atoms with van der Waals surface area (Å²) < 4.78 is 0. The Hall–Kier alpha value is -0.570. The first-order valence-electron chi connectivity index (χ1n) is 5.12. The first-order valence-corrected chi connectivity index (χ1v) is 5.12. The molecule has 2 fully saturated rings. The lowest BCUT2D eigenvalue weighted by Crippen LogP contribution is -2.38. The van der Waals surface area contributed by atoms with Gasteiger partial charge in [0.2, 0.25) is 5.91 Å². The topological polar surface area (TPSA) is 23.6 Å². The average Bonchev–Trinajstić information content (AvgIpc) is 2.55. The second kappa shape index (κ2) is 2.98. The highest BCUT2D eigenvalue weighted by Gasteiger charge is 2.45. The van der Waals surface area contributed by atoms with Crippen LogP contribution in [0.25, 0.3) is 0 Å². The van der Waals surface area contributed by atoms with Crippen molar-refractivity contribution in [3.63, 3.8) is 0 Å². The fourth-order valence-electron chi connectivity index (χ4n) is 2.71. The minimum atomic E-state index is 0.320. The maximum atomic E-state index is 11.5. The molecule has 13 heavy (non-hydrogen) atoms. The van der Waals surface area contributed by atoms with Crippen molar-refractivity contribution < 1.29 is 4.79 Å². The predicted octanol–water partition coefficient (Wildman–Crippen LogP) is 0.700. The molecule has 2 rings (SSSR count). The van der Waals surface area contributed by atoms with Crippen LogP contribution in [0.4, 0.5) is 0 Å². The fourth-order valence-corrected chi connectivity index (χ4v) is 2.71. The zero-order chi connectivity index (χ0) is 9.59. The molecule has 0 saturated carbocycles. The molecule has 0 aliphatic carbocycles. The molecule has 2 aliphatic heterocycles. The van der Waals surface area contributed by atoms with E-state index < -0.39 is 0 Å². The molecular weight excluding hydrogens is 164 g/mol. The third kappa shape index (κ3) is 1.26. The normalized spacial score (nSPS) is 34.8. The molecule has 3 heteroatoms. The smallest absolute Gasteiger partial charge is 0.224 e. The van der Waals surface area contributed by atoms with E-state index in [-0.39, 0.29) is 0 Å². The summed E-state index contributed by atoms with van der Waals surface area (Å²) in [6.07, 6.45) is 1.89. The van der Waals surface area contributed by atoms with Crippen LogP contribution in [0.1, 0.15) is 26.7 Å². The molecule has 0 N–H and O–H groups in total. The molecule has 0 bridgehead atoms. The Morgan fingerprint density at radius 3 is 2.69 bits per heavy atom. The van der Waals surface area contributed by atoms with Crippen LogP contribution in [-0.2, 0) is 4.79 Å². The zero-order valence-corrected chi connectivity index (χ0v) is 8.66. The van der Waals surface area contributed by atoms with Crippen LogP contribution in [-0.4, -0.2) is 47.4 Å². The predicted molar refractivity (Wildman–Crippen MR) is 51.4 cm³/mol. The number of likely N-dealkylation sites (N-methyl/N-ethyl adjacent to an activating group) is 1. The first-order chi connectivity index (χ1) is 6.11. The number of nitrogens with zero attached hydrogens (tertiary/aromatic N) is 2. The molecule has 2 saturated heterocycles. The van der Waals surface area contributed by atoms with Crippen LogP contribution in [0.3, 0.4) is 0 Å². The van der Waals surface area contributed by atoms with Gasteiger partial charge in [-0.2, -0.15) is 0 Å². The van der Waals surface area contributed by atoms with Gasteiger partial charge < -0.3 is 4.90 Å². The molecule has 74 valence electrons. The number of amides is 1. The maximum absolute atomic E-state index is 11.5. The third-order valence-electron chi connectivity index (χ3n) is 3.49. The van der Waals surface area contributed by atoms with Gasteiger partial charge in [-0.1, -0.05) is 0 Å². The molecule has 0 aromatic rings. The highest BCUT2D eigenvalue weighted by Crippen LogP contribution is 2.32. The number of likely N-dealkylation sites (tertiary alicyclic amines) is 2. The fraction of sp³-hybridized carbons (Fsp3) is 0.900. The average molecular weight is 182 g/mol. The number of rotatable bonds is 1. The Labute approximate surface area is 79.7 Å². The number of hydrogen-bond acceptors (Lipinski definition) is 2. The molecule has 2 heterocycles. The van der Waals surface area contributed by atoms with Gasteiger partial charge in [0, 0.05) is 38.1 Å². The molecule has 0 aromatic carbocycles. The van der Waals surface area contributed by atoms with Crippen molar-refractivity contribution in [1.82, 2.24) is 9.80 Å². The highest BCUT2D eigenvalue weighted by atomic mass is 16.2. The standard InChI is InChI=1S/C10H18N2O/c1-7(2)12-5-4-8-9(12)6-10(13)11(8)3/h7-9H,4-6H2,1-3H3/t8-,9-/m0/s1. The van der Waals surface area contributed by atoms with E-state index in [0.717, 1.165) is 19.4 Å². The van der Waals surface area contributed by atoms with Gasteiger partial charge in [0.1, 0.15) is 0 Å². The molecule has 0 aromatic heterocycles. The molecule has 0 unspecified atom stereocenters. The summed E-state index contributed by atoms with van der Waals surface area (Å²) >= 11 is 0. The molecule has 2 atom stereocenters. The van der Waals surface area contributed by atoms with Crippen LogP contribution in [0.5, 0.6) is 0 Å². The van der Waals surface area contributed by atoms with Gasteiger partial charge in [-0.15, -0.1) is 0 Å². The van der Waals surface area contributed by atoms with Crippen LogP contribution in [0, 0.1) is 0 Å². The van der Waals surface area contributed by atoms with E-state index in [2.05, 4.69) is 18.7 Å². The number of fused-ring (bicyclic) bond motifs is 1. The van der Waals surface area contributed by atoms with Crippen molar-refractivity contribution in [3.05, 3.63) is 0 Å². The van der Waals surface area contributed by atoms with Crippen molar-refractivity contribution >= 4 is 5.91 Å². The molecule has 2 aliphatic rings. The van der Waals surface area contributed by atoms with Crippen molar-refractivity contribution in [2.24, 2.45) is 0 Å². The van der Waals surface area contributed by atoms with E-state index in [9.17, 15) is 4.79 Å². The van der Waals surface area contributed by atoms with E-state index in [1.807, 2.05) is 11.9 Å². The van der Waals surface area contributed by atoms with E-state index in [0.29, 0.717) is 24.0 Å². The summed E-state index contributed by atoms with van der Waals surface area (Å²) in [7, 11) is 1.94. The number of hydrogen-bond donors (Lipinski definition) is 0. The molecular formula is C10H18N2O. The van der Waals surface area contributed by atoms with Crippen LogP contribution in [0.15, 0.2) is 0 Å². The van der Waals surface area contributed by atoms with E-state index in [4.69, 9.17) is 0 Å². The zero-order valence-electron chi connectivity index (χ0n) is 8.66. The summed E-state index contributed by atoms with van der Waals surface area (Å²) in [5.41, 5.74) is 0. The Kier molecular flexibility index (Phi) is 2.06. The van der Waals surface area contributed by atoms with Crippen LogP contribution in [0.2, 0.25) is 0 Å². The Bertz CT molecular complexity index is 227.